The summed E-state index contributed by atoms with van der Waals surface area (Å²) in [6.45, 7) is 4.04. The van der Waals surface area contributed by atoms with Crippen LogP contribution in [0, 0.1) is 5.82 Å². The van der Waals surface area contributed by atoms with Crippen molar-refractivity contribution in [2.75, 3.05) is 6.54 Å². The number of benzene rings is 1. The van der Waals surface area contributed by atoms with Crippen LogP contribution in [0.5, 0.6) is 0 Å². The molecule has 1 aliphatic rings. The predicted molar refractivity (Wildman–Crippen MR) is 84.3 cm³/mol. The van der Waals surface area contributed by atoms with E-state index in [0.29, 0.717) is 28.9 Å². The molecule has 0 radical (unpaired) electrons. The van der Waals surface area contributed by atoms with Gasteiger partial charge in [0.05, 0.1) is 11.1 Å². The maximum absolute atomic E-state index is 13.6. The number of carbonyl (C=O) groups is 1. The number of halogens is 1. The molecule has 0 spiro atoms. The van der Waals surface area contributed by atoms with Crippen LogP contribution in [0.2, 0.25) is 0 Å². The smallest absolute Gasteiger partial charge is 0.252 e. The molecule has 0 unspecified atom stereocenters. The summed E-state index contributed by atoms with van der Waals surface area (Å²) in [7, 11) is 0. The summed E-state index contributed by atoms with van der Waals surface area (Å²) in [5.41, 5.74) is 7.19. The molecule has 0 aliphatic heterocycles. The van der Waals surface area contributed by atoms with Gasteiger partial charge in [0.1, 0.15) is 5.82 Å². The van der Waals surface area contributed by atoms with Gasteiger partial charge in [-0.1, -0.05) is 0 Å². The molecule has 1 aromatic heterocycles. The van der Waals surface area contributed by atoms with E-state index in [9.17, 15) is 9.18 Å². The number of rotatable bonds is 4. The van der Waals surface area contributed by atoms with Crippen molar-refractivity contribution < 1.29 is 9.18 Å². The lowest BCUT2D eigenvalue weighted by molar-refractivity contribution is 0.0917. The molecule has 1 aromatic carbocycles. The quantitative estimate of drug-likeness (QED) is 0.912. The lowest BCUT2D eigenvalue weighted by Gasteiger charge is -2.24. The Morgan fingerprint density at radius 2 is 2.14 bits per heavy atom. The van der Waals surface area contributed by atoms with Crippen molar-refractivity contribution in [2.24, 2.45) is 5.73 Å². The molecule has 0 bridgehead atoms. The van der Waals surface area contributed by atoms with Gasteiger partial charge in [-0.3, -0.25) is 9.78 Å². The van der Waals surface area contributed by atoms with Gasteiger partial charge in [-0.05, 0) is 51.0 Å². The standard InChI is InChI=1S/C17H20FN3O/c1-17(2,9-19)21-16(22)13-8-15(10-3-4-10)20-14-6-5-11(18)7-12(13)14/h5-8,10H,3-4,9,19H2,1-2H3,(H,21,22). The van der Waals surface area contributed by atoms with E-state index in [1.807, 2.05) is 13.8 Å². The summed E-state index contributed by atoms with van der Waals surface area (Å²) in [4.78, 5) is 17.2. The fourth-order valence-electron chi connectivity index (χ4n) is 2.42. The first-order valence-corrected chi connectivity index (χ1v) is 7.52. The predicted octanol–water partition coefficient (Wildman–Crippen LogP) is 2.72. The molecule has 1 saturated carbocycles. The summed E-state index contributed by atoms with van der Waals surface area (Å²) >= 11 is 0. The van der Waals surface area contributed by atoms with Crippen LogP contribution in [-0.2, 0) is 0 Å². The van der Waals surface area contributed by atoms with Crippen LogP contribution in [0.3, 0.4) is 0 Å². The SMILES string of the molecule is CC(C)(CN)NC(=O)c1cc(C2CC2)nc2ccc(F)cc12. The summed E-state index contributed by atoms with van der Waals surface area (Å²) in [6.07, 6.45) is 2.18. The average Bonchev–Trinajstić information content (AvgIpc) is 3.30. The number of aromatic nitrogens is 1. The highest BCUT2D eigenvalue weighted by Gasteiger charge is 2.28. The number of amides is 1. The van der Waals surface area contributed by atoms with Crippen LogP contribution in [-0.4, -0.2) is 23.0 Å². The minimum atomic E-state index is -0.514. The van der Waals surface area contributed by atoms with E-state index in [4.69, 9.17) is 5.73 Å². The molecular weight excluding hydrogens is 281 g/mol. The van der Waals surface area contributed by atoms with Crippen LogP contribution < -0.4 is 11.1 Å². The molecule has 2 aromatic rings. The zero-order chi connectivity index (χ0) is 15.9. The molecular formula is C17H20FN3O. The third-order valence-corrected chi connectivity index (χ3v) is 3.99. The number of nitrogens with zero attached hydrogens (tertiary/aromatic N) is 1. The van der Waals surface area contributed by atoms with Crippen molar-refractivity contribution in [1.29, 1.82) is 0 Å². The first kappa shape index (κ1) is 14.9. The number of fused-ring (bicyclic) bond motifs is 1. The number of nitrogens with two attached hydrogens (primary N) is 1. The zero-order valence-electron chi connectivity index (χ0n) is 12.8. The number of hydrogen-bond acceptors (Lipinski definition) is 3. The summed E-state index contributed by atoms with van der Waals surface area (Å²) < 4.78 is 13.6. The Labute approximate surface area is 128 Å². The maximum Gasteiger partial charge on any atom is 0.252 e. The zero-order valence-corrected chi connectivity index (χ0v) is 12.8. The van der Waals surface area contributed by atoms with Crippen molar-refractivity contribution in [2.45, 2.75) is 38.1 Å². The fourth-order valence-corrected chi connectivity index (χ4v) is 2.42. The van der Waals surface area contributed by atoms with Crippen molar-refractivity contribution >= 4 is 16.8 Å². The second kappa shape index (κ2) is 5.32. The maximum atomic E-state index is 13.6. The number of hydrogen-bond donors (Lipinski definition) is 2. The summed E-state index contributed by atoms with van der Waals surface area (Å²) in [6, 6.07) is 6.16. The number of pyridine rings is 1. The Kier molecular flexibility index (Phi) is 3.60. The molecule has 22 heavy (non-hydrogen) atoms. The van der Waals surface area contributed by atoms with Crippen molar-refractivity contribution in [3.63, 3.8) is 0 Å². The second-order valence-electron chi connectivity index (χ2n) is 6.57. The molecule has 1 amide bonds. The van der Waals surface area contributed by atoms with Crippen molar-refractivity contribution in [3.05, 3.63) is 41.3 Å². The lowest BCUT2D eigenvalue weighted by Crippen LogP contribution is -2.48. The van der Waals surface area contributed by atoms with E-state index in [0.717, 1.165) is 18.5 Å². The molecule has 1 fully saturated rings. The third-order valence-electron chi connectivity index (χ3n) is 3.99. The van der Waals surface area contributed by atoms with Gasteiger partial charge in [0.2, 0.25) is 0 Å². The molecule has 4 nitrogen and oxygen atoms in total. The molecule has 1 aliphatic carbocycles. The molecule has 3 N–H and O–H groups in total. The van der Waals surface area contributed by atoms with Crippen LogP contribution in [0.1, 0.15) is 48.7 Å². The molecule has 0 saturated heterocycles. The summed E-state index contributed by atoms with van der Waals surface area (Å²) in [5.74, 6) is -0.195. The minimum absolute atomic E-state index is 0.240. The highest BCUT2D eigenvalue weighted by molar-refractivity contribution is 6.06. The molecule has 3 rings (SSSR count). The van der Waals surface area contributed by atoms with Gasteiger partial charge in [0.25, 0.3) is 5.91 Å². The fraction of sp³-hybridized carbons (Fsp3) is 0.412. The van der Waals surface area contributed by atoms with E-state index in [1.54, 1.807) is 12.1 Å². The molecule has 1 heterocycles. The van der Waals surface area contributed by atoms with Crippen LogP contribution in [0.4, 0.5) is 4.39 Å². The Balaban J connectivity index is 2.09. The summed E-state index contributed by atoms with van der Waals surface area (Å²) in [5, 5.41) is 3.44. The van der Waals surface area contributed by atoms with E-state index >= 15 is 0 Å². The van der Waals surface area contributed by atoms with Crippen LogP contribution in [0.25, 0.3) is 10.9 Å². The van der Waals surface area contributed by atoms with E-state index in [2.05, 4.69) is 10.3 Å². The highest BCUT2D eigenvalue weighted by atomic mass is 19.1. The van der Waals surface area contributed by atoms with Gasteiger partial charge < -0.3 is 11.1 Å². The number of nitrogens with one attached hydrogen (secondary N) is 1. The average molecular weight is 301 g/mol. The van der Waals surface area contributed by atoms with Gasteiger partial charge in [0, 0.05) is 29.1 Å². The topological polar surface area (TPSA) is 68.0 Å². The second-order valence-corrected chi connectivity index (χ2v) is 6.57. The Morgan fingerprint density at radius 3 is 2.77 bits per heavy atom. The van der Waals surface area contributed by atoms with Gasteiger partial charge in [-0.2, -0.15) is 0 Å². The van der Waals surface area contributed by atoms with E-state index in [1.165, 1.54) is 12.1 Å². The van der Waals surface area contributed by atoms with Crippen molar-refractivity contribution in [1.82, 2.24) is 10.3 Å². The Morgan fingerprint density at radius 1 is 1.41 bits per heavy atom. The first-order chi connectivity index (χ1) is 10.4. The monoisotopic (exact) mass is 301 g/mol. The first-order valence-electron chi connectivity index (χ1n) is 7.52. The normalized spacial score (nSPS) is 15.1. The molecule has 5 heteroatoms. The third kappa shape index (κ3) is 2.95. The van der Waals surface area contributed by atoms with Gasteiger partial charge >= 0.3 is 0 Å². The lowest BCUT2D eigenvalue weighted by atomic mass is 10.0. The van der Waals surface area contributed by atoms with Crippen LogP contribution in [0.15, 0.2) is 24.3 Å². The molecule has 116 valence electrons. The minimum Gasteiger partial charge on any atom is -0.346 e. The number of carbonyl (C=O) groups excluding carboxylic acids is 1. The highest BCUT2D eigenvalue weighted by Crippen LogP contribution is 2.40. The van der Waals surface area contributed by atoms with Gasteiger partial charge in [0.15, 0.2) is 0 Å². The van der Waals surface area contributed by atoms with Crippen LogP contribution >= 0.6 is 0 Å². The van der Waals surface area contributed by atoms with Gasteiger partial charge in [-0.15, -0.1) is 0 Å². The Hall–Kier alpha value is -2.01. The van der Waals surface area contributed by atoms with Gasteiger partial charge in [-0.25, -0.2) is 4.39 Å². The molecule has 0 atom stereocenters. The van der Waals surface area contributed by atoms with Crippen molar-refractivity contribution in [3.8, 4) is 0 Å². The van der Waals surface area contributed by atoms with E-state index in [-0.39, 0.29) is 11.7 Å². The van der Waals surface area contributed by atoms with E-state index < -0.39 is 5.54 Å². The largest absolute Gasteiger partial charge is 0.346 e. The Bertz CT molecular complexity index is 738.